The smallest absolute Gasteiger partial charge is 0.169 e. The van der Waals surface area contributed by atoms with E-state index in [0.717, 1.165) is 17.7 Å². The van der Waals surface area contributed by atoms with Gasteiger partial charge in [-0.1, -0.05) is 18.2 Å². The first-order valence-electron chi connectivity index (χ1n) is 5.66. The second-order valence-electron chi connectivity index (χ2n) is 3.90. The van der Waals surface area contributed by atoms with Crippen LogP contribution in [0.25, 0.3) is 0 Å². The minimum absolute atomic E-state index is 0.229. The topological polar surface area (TPSA) is 66.0 Å². The van der Waals surface area contributed by atoms with Crippen LogP contribution in [0.3, 0.4) is 0 Å². The number of nitrogen functional groups attached to an aromatic ring is 1. The number of hydrogen-bond acceptors (Lipinski definition) is 4. The Balaban J connectivity index is 2.26. The number of halogens is 1. The van der Waals surface area contributed by atoms with Crippen molar-refractivity contribution in [3.8, 4) is 5.75 Å². The van der Waals surface area contributed by atoms with Crippen LogP contribution < -0.4 is 10.5 Å². The average Bonchev–Trinajstić information content (AvgIpc) is 2.70. The van der Waals surface area contributed by atoms with Crippen LogP contribution in [0.15, 0.2) is 18.2 Å². The van der Waals surface area contributed by atoms with E-state index in [1.807, 2.05) is 6.92 Å². The van der Waals surface area contributed by atoms with E-state index in [4.69, 9.17) is 10.5 Å². The maximum Gasteiger partial charge on any atom is 0.169 e. The van der Waals surface area contributed by atoms with Gasteiger partial charge in [0, 0.05) is 0 Å². The standard InChI is InChI=1S/C12H15FN4O/c1-3-10-12(14)15-16-17(10)7-8-4-5-11(18-2)9(13)6-8/h4-6H,3,7,14H2,1-2H3. The van der Waals surface area contributed by atoms with E-state index in [9.17, 15) is 4.39 Å². The molecule has 0 unspecified atom stereocenters. The molecule has 1 aromatic carbocycles. The summed E-state index contributed by atoms with van der Waals surface area (Å²) in [5.74, 6) is 0.264. The highest BCUT2D eigenvalue weighted by atomic mass is 19.1. The summed E-state index contributed by atoms with van der Waals surface area (Å²) in [6, 6.07) is 4.81. The highest BCUT2D eigenvalue weighted by molar-refractivity contribution is 5.34. The Kier molecular flexibility index (Phi) is 3.45. The van der Waals surface area contributed by atoms with Crippen molar-refractivity contribution in [1.82, 2.24) is 15.0 Å². The molecule has 0 saturated carbocycles. The van der Waals surface area contributed by atoms with E-state index < -0.39 is 0 Å². The second kappa shape index (κ2) is 5.03. The molecule has 0 aliphatic carbocycles. The van der Waals surface area contributed by atoms with Gasteiger partial charge in [0.1, 0.15) is 0 Å². The van der Waals surface area contributed by atoms with Gasteiger partial charge in [-0.2, -0.15) is 0 Å². The van der Waals surface area contributed by atoms with Gasteiger partial charge in [0.25, 0.3) is 0 Å². The Morgan fingerprint density at radius 1 is 1.44 bits per heavy atom. The fraction of sp³-hybridized carbons (Fsp3) is 0.333. The van der Waals surface area contributed by atoms with Gasteiger partial charge in [-0.25, -0.2) is 9.07 Å². The zero-order chi connectivity index (χ0) is 13.1. The fourth-order valence-corrected chi connectivity index (χ4v) is 1.82. The lowest BCUT2D eigenvalue weighted by molar-refractivity contribution is 0.386. The van der Waals surface area contributed by atoms with Gasteiger partial charge in [0.15, 0.2) is 17.4 Å². The highest BCUT2D eigenvalue weighted by Crippen LogP contribution is 2.19. The van der Waals surface area contributed by atoms with Crippen molar-refractivity contribution in [3.05, 3.63) is 35.3 Å². The predicted molar refractivity (Wildman–Crippen MR) is 65.9 cm³/mol. The minimum Gasteiger partial charge on any atom is -0.494 e. The molecule has 0 aliphatic heterocycles. The molecule has 0 bridgehead atoms. The lowest BCUT2D eigenvalue weighted by atomic mass is 10.2. The molecule has 0 atom stereocenters. The molecule has 2 N–H and O–H groups in total. The molecular formula is C12H15FN4O. The first kappa shape index (κ1) is 12.3. The van der Waals surface area contributed by atoms with Crippen molar-refractivity contribution in [2.75, 3.05) is 12.8 Å². The number of anilines is 1. The lowest BCUT2D eigenvalue weighted by Gasteiger charge is -2.07. The van der Waals surface area contributed by atoms with E-state index in [1.54, 1.807) is 16.8 Å². The highest BCUT2D eigenvalue weighted by Gasteiger charge is 2.10. The third-order valence-electron chi connectivity index (χ3n) is 2.75. The average molecular weight is 250 g/mol. The number of ether oxygens (including phenoxy) is 1. The van der Waals surface area contributed by atoms with Crippen molar-refractivity contribution in [3.63, 3.8) is 0 Å². The Hall–Kier alpha value is -2.11. The number of nitrogens with zero attached hydrogens (tertiary/aromatic N) is 3. The minimum atomic E-state index is -0.388. The summed E-state index contributed by atoms with van der Waals surface area (Å²) in [6.07, 6.45) is 0.734. The number of hydrogen-bond donors (Lipinski definition) is 1. The van der Waals surface area contributed by atoms with Crippen molar-refractivity contribution in [2.24, 2.45) is 0 Å². The van der Waals surface area contributed by atoms with Crippen molar-refractivity contribution in [2.45, 2.75) is 19.9 Å². The fourth-order valence-electron chi connectivity index (χ4n) is 1.82. The molecule has 0 amide bonds. The molecule has 0 aliphatic rings. The summed E-state index contributed by atoms with van der Waals surface area (Å²) in [5, 5.41) is 7.75. The predicted octanol–water partition coefficient (Wildman–Crippen LogP) is 1.62. The van der Waals surface area contributed by atoms with Crippen molar-refractivity contribution < 1.29 is 9.13 Å². The first-order valence-corrected chi connectivity index (χ1v) is 5.66. The van der Waals surface area contributed by atoms with Crippen LogP contribution in [0.2, 0.25) is 0 Å². The van der Waals surface area contributed by atoms with Gasteiger partial charge < -0.3 is 10.5 Å². The third-order valence-corrected chi connectivity index (χ3v) is 2.75. The Morgan fingerprint density at radius 3 is 2.83 bits per heavy atom. The van der Waals surface area contributed by atoms with E-state index >= 15 is 0 Å². The number of benzene rings is 1. The van der Waals surface area contributed by atoms with Crippen LogP contribution in [0.5, 0.6) is 5.75 Å². The maximum absolute atomic E-state index is 13.5. The quantitative estimate of drug-likeness (QED) is 0.895. The number of rotatable bonds is 4. The van der Waals surface area contributed by atoms with Crippen molar-refractivity contribution in [1.29, 1.82) is 0 Å². The summed E-state index contributed by atoms with van der Waals surface area (Å²) < 4.78 is 20.1. The van der Waals surface area contributed by atoms with Crippen LogP contribution in [-0.2, 0) is 13.0 Å². The Labute approximate surface area is 104 Å². The summed E-state index contributed by atoms with van der Waals surface area (Å²) in [7, 11) is 1.44. The van der Waals surface area contributed by atoms with Gasteiger partial charge >= 0.3 is 0 Å². The maximum atomic E-state index is 13.5. The molecule has 0 radical (unpaired) electrons. The number of aromatic nitrogens is 3. The van der Waals surface area contributed by atoms with Gasteiger partial charge in [0.2, 0.25) is 0 Å². The molecule has 96 valence electrons. The van der Waals surface area contributed by atoms with Crippen LogP contribution >= 0.6 is 0 Å². The van der Waals surface area contributed by atoms with Crippen molar-refractivity contribution >= 4 is 5.82 Å². The number of nitrogens with two attached hydrogens (primary N) is 1. The van der Waals surface area contributed by atoms with E-state index in [0.29, 0.717) is 12.4 Å². The molecule has 2 aromatic rings. The van der Waals surface area contributed by atoms with Gasteiger partial charge in [-0.05, 0) is 24.1 Å². The molecular weight excluding hydrogens is 235 g/mol. The summed E-state index contributed by atoms with van der Waals surface area (Å²) in [6.45, 7) is 2.41. The Bertz CT molecular complexity index is 553. The molecule has 1 aromatic heterocycles. The van der Waals surface area contributed by atoms with Gasteiger partial charge in [-0.15, -0.1) is 5.10 Å². The summed E-state index contributed by atoms with van der Waals surface area (Å²) in [4.78, 5) is 0. The molecule has 0 saturated heterocycles. The molecule has 18 heavy (non-hydrogen) atoms. The zero-order valence-corrected chi connectivity index (χ0v) is 10.4. The van der Waals surface area contributed by atoms with E-state index in [-0.39, 0.29) is 11.6 Å². The lowest BCUT2D eigenvalue weighted by Crippen LogP contribution is -2.07. The monoisotopic (exact) mass is 250 g/mol. The van der Waals surface area contributed by atoms with Gasteiger partial charge in [0.05, 0.1) is 19.3 Å². The third kappa shape index (κ3) is 2.27. The van der Waals surface area contributed by atoms with Crippen LogP contribution in [0, 0.1) is 5.82 Å². The summed E-state index contributed by atoms with van der Waals surface area (Å²) >= 11 is 0. The van der Waals surface area contributed by atoms with E-state index in [1.165, 1.54) is 13.2 Å². The van der Waals surface area contributed by atoms with Gasteiger partial charge in [-0.3, -0.25) is 0 Å². The normalized spacial score (nSPS) is 10.6. The number of methoxy groups -OCH3 is 1. The molecule has 0 spiro atoms. The second-order valence-corrected chi connectivity index (χ2v) is 3.90. The zero-order valence-electron chi connectivity index (χ0n) is 10.4. The van der Waals surface area contributed by atoms with E-state index in [2.05, 4.69) is 10.3 Å². The molecule has 6 heteroatoms. The molecule has 5 nitrogen and oxygen atoms in total. The van der Waals surface area contributed by atoms with Crippen LogP contribution in [0.4, 0.5) is 10.2 Å². The van der Waals surface area contributed by atoms with Crippen LogP contribution in [0.1, 0.15) is 18.2 Å². The molecule has 2 rings (SSSR count). The van der Waals surface area contributed by atoms with Crippen LogP contribution in [-0.4, -0.2) is 22.1 Å². The summed E-state index contributed by atoms with van der Waals surface area (Å²) in [5.41, 5.74) is 7.33. The molecule has 1 heterocycles. The molecule has 0 fully saturated rings. The SMILES string of the molecule is CCc1c(N)nnn1Cc1ccc(OC)c(F)c1. The largest absolute Gasteiger partial charge is 0.494 e. The Morgan fingerprint density at radius 2 is 2.22 bits per heavy atom. The first-order chi connectivity index (χ1) is 8.65.